The SMILES string of the molecule is N#Cc1cccc(CNCC2CCCOC2)c1. The lowest BCUT2D eigenvalue weighted by Gasteiger charge is -2.22. The molecule has 1 aliphatic heterocycles. The maximum Gasteiger partial charge on any atom is 0.0991 e. The average molecular weight is 230 g/mol. The molecule has 0 radical (unpaired) electrons. The number of benzene rings is 1. The van der Waals surface area contributed by atoms with E-state index in [4.69, 9.17) is 10.00 Å². The van der Waals surface area contributed by atoms with Gasteiger partial charge >= 0.3 is 0 Å². The molecule has 0 aliphatic carbocycles. The van der Waals surface area contributed by atoms with Crippen LogP contribution < -0.4 is 5.32 Å². The second kappa shape index (κ2) is 6.39. The molecule has 3 heteroatoms. The van der Waals surface area contributed by atoms with Gasteiger partial charge in [-0.3, -0.25) is 0 Å². The highest BCUT2D eigenvalue weighted by molar-refractivity contribution is 5.32. The Morgan fingerprint density at radius 3 is 3.18 bits per heavy atom. The molecule has 1 aromatic rings. The van der Waals surface area contributed by atoms with E-state index in [0.29, 0.717) is 5.92 Å². The van der Waals surface area contributed by atoms with Gasteiger partial charge in [0.05, 0.1) is 18.2 Å². The van der Waals surface area contributed by atoms with Crippen molar-refractivity contribution in [3.8, 4) is 6.07 Å². The van der Waals surface area contributed by atoms with Crippen LogP contribution in [-0.4, -0.2) is 19.8 Å². The fourth-order valence-electron chi connectivity index (χ4n) is 2.14. The lowest BCUT2D eigenvalue weighted by molar-refractivity contribution is 0.0547. The molecule has 1 atom stereocenters. The summed E-state index contributed by atoms with van der Waals surface area (Å²) in [7, 11) is 0. The Morgan fingerprint density at radius 1 is 1.47 bits per heavy atom. The van der Waals surface area contributed by atoms with Crippen molar-refractivity contribution in [3.63, 3.8) is 0 Å². The van der Waals surface area contributed by atoms with Crippen molar-refractivity contribution in [1.29, 1.82) is 5.26 Å². The smallest absolute Gasteiger partial charge is 0.0991 e. The summed E-state index contributed by atoms with van der Waals surface area (Å²) in [5, 5.41) is 12.2. The van der Waals surface area contributed by atoms with Gasteiger partial charge in [0.2, 0.25) is 0 Å². The van der Waals surface area contributed by atoms with Crippen LogP contribution in [0, 0.1) is 17.2 Å². The van der Waals surface area contributed by atoms with Crippen molar-refractivity contribution < 1.29 is 4.74 Å². The van der Waals surface area contributed by atoms with Crippen molar-refractivity contribution in [3.05, 3.63) is 35.4 Å². The minimum atomic E-state index is 0.642. The van der Waals surface area contributed by atoms with Gasteiger partial charge in [0, 0.05) is 19.7 Å². The van der Waals surface area contributed by atoms with Gasteiger partial charge in [-0.1, -0.05) is 12.1 Å². The highest BCUT2D eigenvalue weighted by Crippen LogP contribution is 2.12. The van der Waals surface area contributed by atoms with Gasteiger partial charge in [-0.15, -0.1) is 0 Å². The van der Waals surface area contributed by atoms with Gasteiger partial charge in [-0.25, -0.2) is 0 Å². The zero-order valence-corrected chi connectivity index (χ0v) is 9.98. The molecule has 1 aliphatic rings. The summed E-state index contributed by atoms with van der Waals surface area (Å²) in [6.07, 6.45) is 2.43. The predicted octanol–water partition coefficient (Wildman–Crippen LogP) is 2.07. The van der Waals surface area contributed by atoms with Gasteiger partial charge in [-0.2, -0.15) is 5.26 Å². The molecule has 1 N–H and O–H groups in total. The lowest BCUT2D eigenvalue weighted by Crippen LogP contribution is -2.28. The molecule has 1 heterocycles. The van der Waals surface area contributed by atoms with Crippen LogP contribution in [0.25, 0.3) is 0 Å². The zero-order valence-electron chi connectivity index (χ0n) is 9.98. The summed E-state index contributed by atoms with van der Waals surface area (Å²) < 4.78 is 5.44. The summed E-state index contributed by atoms with van der Waals surface area (Å²) >= 11 is 0. The molecule has 0 spiro atoms. The third-order valence-corrected chi connectivity index (χ3v) is 3.07. The standard InChI is InChI=1S/C14H18N2O/c15-8-12-3-1-4-13(7-12)9-16-10-14-5-2-6-17-11-14/h1,3-4,7,14,16H,2,5-6,9-11H2. The van der Waals surface area contributed by atoms with Crippen LogP contribution in [0.3, 0.4) is 0 Å². The van der Waals surface area contributed by atoms with E-state index in [2.05, 4.69) is 11.4 Å². The minimum absolute atomic E-state index is 0.642. The molecule has 0 saturated carbocycles. The molecule has 0 amide bonds. The molecule has 1 unspecified atom stereocenters. The third kappa shape index (κ3) is 3.85. The molecule has 3 nitrogen and oxygen atoms in total. The molecular weight excluding hydrogens is 212 g/mol. The van der Waals surface area contributed by atoms with Crippen molar-refractivity contribution in [2.45, 2.75) is 19.4 Å². The van der Waals surface area contributed by atoms with E-state index >= 15 is 0 Å². The quantitative estimate of drug-likeness (QED) is 0.861. The Kier molecular flexibility index (Phi) is 4.54. The number of rotatable bonds is 4. The average Bonchev–Trinajstić information content (AvgIpc) is 2.40. The maximum absolute atomic E-state index is 8.80. The van der Waals surface area contributed by atoms with E-state index < -0.39 is 0 Å². The summed E-state index contributed by atoms with van der Waals surface area (Å²) in [6.45, 7) is 3.62. The first kappa shape index (κ1) is 12.1. The number of hydrogen-bond acceptors (Lipinski definition) is 3. The summed E-state index contributed by atoms with van der Waals surface area (Å²) in [5.41, 5.74) is 1.89. The Labute approximate surface area is 102 Å². The molecule has 2 rings (SSSR count). The fourth-order valence-corrected chi connectivity index (χ4v) is 2.14. The largest absolute Gasteiger partial charge is 0.381 e. The molecule has 0 aromatic heterocycles. The summed E-state index contributed by atoms with van der Waals surface area (Å²) in [5.74, 6) is 0.642. The summed E-state index contributed by atoms with van der Waals surface area (Å²) in [6, 6.07) is 9.90. The van der Waals surface area contributed by atoms with Crippen LogP contribution in [0.4, 0.5) is 0 Å². The number of nitrogens with one attached hydrogen (secondary N) is 1. The second-order valence-corrected chi connectivity index (χ2v) is 4.53. The Balaban J connectivity index is 1.75. The maximum atomic E-state index is 8.80. The van der Waals surface area contributed by atoms with E-state index in [1.165, 1.54) is 18.4 Å². The number of nitriles is 1. The van der Waals surface area contributed by atoms with Gasteiger partial charge < -0.3 is 10.1 Å². The number of nitrogens with zero attached hydrogens (tertiary/aromatic N) is 1. The van der Waals surface area contributed by atoms with Crippen LogP contribution in [0.5, 0.6) is 0 Å². The van der Waals surface area contributed by atoms with E-state index in [1.54, 1.807) is 0 Å². The zero-order chi connectivity index (χ0) is 11.9. The molecular formula is C14H18N2O. The Bertz CT molecular complexity index is 391. The summed E-state index contributed by atoms with van der Waals surface area (Å²) in [4.78, 5) is 0. The number of hydrogen-bond donors (Lipinski definition) is 1. The van der Waals surface area contributed by atoms with Crippen LogP contribution >= 0.6 is 0 Å². The van der Waals surface area contributed by atoms with Crippen molar-refractivity contribution >= 4 is 0 Å². The van der Waals surface area contributed by atoms with Gasteiger partial charge in [0.15, 0.2) is 0 Å². The molecule has 1 fully saturated rings. The lowest BCUT2D eigenvalue weighted by atomic mass is 10.0. The van der Waals surface area contributed by atoms with Crippen LogP contribution in [-0.2, 0) is 11.3 Å². The highest BCUT2D eigenvalue weighted by atomic mass is 16.5. The number of ether oxygens (including phenoxy) is 1. The fraction of sp³-hybridized carbons (Fsp3) is 0.500. The van der Waals surface area contributed by atoms with Gasteiger partial charge in [0.25, 0.3) is 0 Å². The molecule has 1 saturated heterocycles. The first-order chi connectivity index (χ1) is 8.38. The van der Waals surface area contributed by atoms with E-state index in [-0.39, 0.29) is 0 Å². The normalized spacial score (nSPS) is 19.8. The Hall–Kier alpha value is -1.37. The highest BCUT2D eigenvalue weighted by Gasteiger charge is 2.12. The van der Waals surface area contributed by atoms with E-state index in [0.717, 1.165) is 31.9 Å². The van der Waals surface area contributed by atoms with Gasteiger partial charge in [0.1, 0.15) is 0 Å². The van der Waals surface area contributed by atoms with Crippen LogP contribution in [0.1, 0.15) is 24.0 Å². The second-order valence-electron chi connectivity index (χ2n) is 4.53. The third-order valence-electron chi connectivity index (χ3n) is 3.07. The molecule has 90 valence electrons. The monoisotopic (exact) mass is 230 g/mol. The first-order valence-corrected chi connectivity index (χ1v) is 6.16. The van der Waals surface area contributed by atoms with Crippen LogP contribution in [0.2, 0.25) is 0 Å². The van der Waals surface area contributed by atoms with Crippen molar-refractivity contribution in [2.75, 3.05) is 19.8 Å². The van der Waals surface area contributed by atoms with E-state index in [9.17, 15) is 0 Å². The van der Waals surface area contributed by atoms with Crippen molar-refractivity contribution in [1.82, 2.24) is 5.32 Å². The van der Waals surface area contributed by atoms with Crippen molar-refractivity contribution in [2.24, 2.45) is 5.92 Å². The predicted molar refractivity (Wildman–Crippen MR) is 66.4 cm³/mol. The molecule has 0 bridgehead atoms. The molecule has 1 aromatic carbocycles. The van der Waals surface area contributed by atoms with E-state index in [1.807, 2.05) is 24.3 Å². The Morgan fingerprint density at radius 2 is 2.41 bits per heavy atom. The molecule has 17 heavy (non-hydrogen) atoms. The topological polar surface area (TPSA) is 45.0 Å². The van der Waals surface area contributed by atoms with Crippen LogP contribution in [0.15, 0.2) is 24.3 Å². The van der Waals surface area contributed by atoms with Gasteiger partial charge in [-0.05, 0) is 36.5 Å². The minimum Gasteiger partial charge on any atom is -0.381 e. The first-order valence-electron chi connectivity index (χ1n) is 6.16.